The Morgan fingerprint density at radius 3 is 2.38 bits per heavy atom. The highest BCUT2D eigenvalue weighted by molar-refractivity contribution is 4.44. The van der Waals surface area contributed by atoms with Crippen molar-refractivity contribution < 1.29 is 15.5 Å². The molecule has 0 heterocycles. The van der Waals surface area contributed by atoms with Crippen molar-refractivity contribution in [2.45, 2.75) is 19.4 Å². The van der Waals surface area contributed by atoms with E-state index < -0.39 is 11.3 Å². The second-order valence-corrected chi connectivity index (χ2v) is 1.66. The van der Waals surface area contributed by atoms with E-state index in [4.69, 9.17) is 10.3 Å². The van der Waals surface area contributed by atoms with E-state index in [-0.39, 0.29) is 6.54 Å². The summed E-state index contributed by atoms with van der Waals surface area (Å²) in [4.78, 5) is 0. The molecular formula is C4H11NO3. The Kier molecular flexibility index (Phi) is 3.72. The Balaban J connectivity index is 3.10. The molecule has 0 saturated carbocycles. The molecular weight excluding hydrogens is 110 g/mol. The summed E-state index contributed by atoms with van der Waals surface area (Å²) in [5, 5.41) is 25.6. The molecule has 8 heavy (non-hydrogen) atoms. The smallest absolute Gasteiger partial charge is 0.133 e. The van der Waals surface area contributed by atoms with Gasteiger partial charge in [0.15, 0.2) is 0 Å². The van der Waals surface area contributed by atoms with Crippen molar-refractivity contribution >= 4 is 0 Å². The van der Waals surface area contributed by atoms with E-state index >= 15 is 0 Å². The molecule has 0 aliphatic heterocycles. The molecule has 4 nitrogen and oxygen atoms in total. The van der Waals surface area contributed by atoms with E-state index in [2.05, 4.69) is 0 Å². The minimum Gasteiger partial charge on any atom is -0.600 e. The summed E-state index contributed by atoms with van der Waals surface area (Å²) in [7, 11) is 0. The van der Waals surface area contributed by atoms with Crippen molar-refractivity contribution in [1.29, 1.82) is 0 Å². The van der Waals surface area contributed by atoms with Gasteiger partial charge < -0.3 is 10.3 Å². The molecule has 0 rings (SSSR count). The Hall–Kier alpha value is -0.160. The fraction of sp³-hybridized carbons (Fsp3) is 1.00. The minimum absolute atomic E-state index is 0.142. The lowest BCUT2D eigenvalue weighted by atomic mass is 10.3. The monoisotopic (exact) mass is 121 g/mol. The number of rotatable bonds is 3. The highest BCUT2D eigenvalue weighted by Crippen LogP contribution is 1.82. The third kappa shape index (κ3) is 4.01. The lowest BCUT2D eigenvalue weighted by molar-refractivity contribution is -1.05. The first kappa shape index (κ1) is 7.84. The quantitative estimate of drug-likeness (QED) is 0.399. The zero-order valence-corrected chi connectivity index (χ0v) is 4.79. The number of aliphatic hydroxyl groups excluding tert-OH is 1. The van der Waals surface area contributed by atoms with E-state index in [0.29, 0.717) is 6.42 Å². The Morgan fingerprint density at radius 2 is 2.25 bits per heavy atom. The van der Waals surface area contributed by atoms with Gasteiger partial charge in [0.1, 0.15) is 12.6 Å². The average Bonchev–Trinajstić information content (AvgIpc) is 1.65. The normalized spacial score (nSPS) is 18.0. The molecule has 0 aromatic rings. The standard InChI is InChI=1S/C4H11NO3/c1-2-4(6)3-5(7)8/h4-7H,2-3H2,1H3/t4-/m0/s1. The number of quaternary nitrogens is 1. The molecule has 0 aromatic carbocycles. The van der Waals surface area contributed by atoms with Crippen LogP contribution in [-0.2, 0) is 0 Å². The van der Waals surface area contributed by atoms with Crippen LogP contribution in [0.25, 0.3) is 0 Å². The Morgan fingerprint density at radius 1 is 1.75 bits per heavy atom. The van der Waals surface area contributed by atoms with E-state index in [0.717, 1.165) is 0 Å². The second-order valence-electron chi connectivity index (χ2n) is 1.66. The van der Waals surface area contributed by atoms with Gasteiger partial charge >= 0.3 is 0 Å². The van der Waals surface area contributed by atoms with Crippen LogP contribution in [0.2, 0.25) is 0 Å². The average molecular weight is 121 g/mol. The van der Waals surface area contributed by atoms with E-state index in [1.54, 1.807) is 6.92 Å². The third-order valence-corrected chi connectivity index (χ3v) is 0.881. The zero-order chi connectivity index (χ0) is 6.57. The maximum Gasteiger partial charge on any atom is 0.133 e. The molecule has 3 N–H and O–H groups in total. The van der Waals surface area contributed by atoms with Gasteiger partial charge in [-0.2, -0.15) is 0 Å². The number of nitrogens with one attached hydrogen (secondary N) is 1. The Bertz CT molecular complexity index is 57.2. The van der Waals surface area contributed by atoms with Gasteiger partial charge in [0, 0.05) is 0 Å². The predicted molar refractivity (Wildman–Crippen MR) is 27.3 cm³/mol. The summed E-state index contributed by atoms with van der Waals surface area (Å²) in [5.41, 5.74) is 0. The van der Waals surface area contributed by atoms with Crippen LogP contribution in [0.15, 0.2) is 0 Å². The summed E-state index contributed by atoms with van der Waals surface area (Å²) in [6, 6.07) is 0. The molecule has 2 atom stereocenters. The maximum atomic E-state index is 9.81. The lowest BCUT2D eigenvalue weighted by Gasteiger charge is -2.14. The van der Waals surface area contributed by atoms with Crippen LogP contribution in [0.1, 0.15) is 13.3 Å². The summed E-state index contributed by atoms with van der Waals surface area (Å²) >= 11 is 0. The molecule has 0 fully saturated rings. The van der Waals surface area contributed by atoms with Gasteiger partial charge in [-0.3, -0.25) is 0 Å². The Labute approximate surface area is 47.9 Å². The van der Waals surface area contributed by atoms with Crippen LogP contribution in [0.5, 0.6) is 0 Å². The van der Waals surface area contributed by atoms with Crippen LogP contribution in [0, 0.1) is 5.21 Å². The number of aliphatic hydroxyl groups is 1. The van der Waals surface area contributed by atoms with Gasteiger partial charge in [0.25, 0.3) is 0 Å². The largest absolute Gasteiger partial charge is 0.600 e. The van der Waals surface area contributed by atoms with Crippen molar-refractivity contribution in [2.75, 3.05) is 6.54 Å². The minimum atomic E-state index is -0.945. The third-order valence-electron chi connectivity index (χ3n) is 0.881. The number of hydrogen-bond acceptors (Lipinski definition) is 3. The molecule has 4 heteroatoms. The molecule has 0 amide bonds. The maximum absolute atomic E-state index is 9.81. The molecule has 0 saturated heterocycles. The van der Waals surface area contributed by atoms with Gasteiger partial charge in [0.05, 0.1) is 0 Å². The molecule has 0 spiro atoms. The summed E-state index contributed by atoms with van der Waals surface area (Å²) < 4.78 is 0. The molecule has 0 aliphatic carbocycles. The predicted octanol–water partition coefficient (Wildman–Crippen LogP) is -1.47. The molecule has 50 valence electrons. The van der Waals surface area contributed by atoms with Crippen LogP contribution >= 0.6 is 0 Å². The fourth-order valence-corrected chi connectivity index (χ4v) is 0.346. The van der Waals surface area contributed by atoms with E-state index in [1.165, 1.54) is 0 Å². The van der Waals surface area contributed by atoms with Crippen molar-refractivity contribution in [1.82, 2.24) is 0 Å². The van der Waals surface area contributed by atoms with Gasteiger partial charge in [-0.05, 0) is 6.42 Å². The van der Waals surface area contributed by atoms with Gasteiger partial charge in [-0.1, -0.05) is 6.92 Å². The van der Waals surface area contributed by atoms with Crippen LogP contribution in [0.3, 0.4) is 0 Å². The highest BCUT2D eigenvalue weighted by Gasteiger charge is 2.02. The topological polar surface area (TPSA) is 68.0 Å². The lowest BCUT2D eigenvalue weighted by Crippen LogP contribution is -3.05. The van der Waals surface area contributed by atoms with Crippen LogP contribution < -0.4 is 5.23 Å². The zero-order valence-electron chi connectivity index (χ0n) is 4.79. The summed E-state index contributed by atoms with van der Waals surface area (Å²) in [6.45, 7) is 1.60. The van der Waals surface area contributed by atoms with Gasteiger partial charge in [0.2, 0.25) is 0 Å². The highest BCUT2D eigenvalue weighted by atomic mass is 16.8. The fourth-order valence-electron chi connectivity index (χ4n) is 0.346. The molecule has 1 unspecified atom stereocenters. The first-order valence-corrected chi connectivity index (χ1v) is 2.56. The van der Waals surface area contributed by atoms with Gasteiger partial charge in [-0.25, -0.2) is 10.4 Å². The first-order chi connectivity index (χ1) is 3.66. The molecule has 0 radical (unpaired) electrons. The summed E-state index contributed by atoms with van der Waals surface area (Å²) in [5.74, 6) is 0. The molecule has 0 aliphatic rings. The first-order valence-electron chi connectivity index (χ1n) is 2.56. The van der Waals surface area contributed by atoms with Crippen LogP contribution in [-0.4, -0.2) is 23.0 Å². The summed E-state index contributed by atoms with van der Waals surface area (Å²) in [6.07, 6.45) is -0.167. The van der Waals surface area contributed by atoms with Crippen LogP contribution in [0.4, 0.5) is 0 Å². The van der Waals surface area contributed by atoms with Crippen molar-refractivity contribution in [3.05, 3.63) is 5.21 Å². The number of hydroxylamine groups is 2. The van der Waals surface area contributed by atoms with Crippen molar-refractivity contribution in [3.8, 4) is 0 Å². The molecule has 0 aromatic heterocycles. The van der Waals surface area contributed by atoms with Crippen molar-refractivity contribution in [3.63, 3.8) is 0 Å². The van der Waals surface area contributed by atoms with Crippen molar-refractivity contribution in [2.24, 2.45) is 0 Å². The van der Waals surface area contributed by atoms with E-state index in [9.17, 15) is 5.21 Å². The van der Waals surface area contributed by atoms with E-state index in [1.807, 2.05) is 0 Å². The SMILES string of the molecule is CC[C@H](O)C[NH+]([O-])O. The van der Waals surface area contributed by atoms with Gasteiger partial charge in [-0.15, -0.1) is 0 Å². The second kappa shape index (κ2) is 3.80. The molecule has 0 bridgehead atoms. The number of hydrogen-bond donors (Lipinski definition) is 3.